The molecule has 2 aromatic heterocycles. The third kappa shape index (κ3) is 5.06. The molecule has 8 nitrogen and oxygen atoms in total. The third-order valence-corrected chi connectivity index (χ3v) is 6.34. The molecule has 1 saturated heterocycles. The summed E-state index contributed by atoms with van der Waals surface area (Å²) < 4.78 is 0. The van der Waals surface area contributed by atoms with Gasteiger partial charge in [0.1, 0.15) is 5.82 Å². The monoisotopic (exact) mass is 436 g/mol. The van der Waals surface area contributed by atoms with E-state index in [9.17, 15) is 9.59 Å². The second-order valence-corrected chi connectivity index (χ2v) is 8.64. The number of carbonyl (C=O) groups excluding carboxylic acids is 2. The number of amides is 2. The van der Waals surface area contributed by atoms with E-state index in [-0.39, 0.29) is 24.4 Å². The Balaban J connectivity index is 1.57. The van der Waals surface area contributed by atoms with E-state index in [4.69, 9.17) is 9.97 Å². The van der Waals surface area contributed by atoms with Gasteiger partial charge in [0, 0.05) is 56.1 Å². The molecule has 2 amide bonds. The quantitative estimate of drug-likeness (QED) is 0.748. The van der Waals surface area contributed by atoms with Crippen LogP contribution in [-0.2, 0) is 22.4 Å². The summed E-state index contributed by atoms with van der Waals surface area (Å²) >= 11 is 0. The number of likely N-dealkylation sites (tertiary alicyclic amines) is 1. The number of nitrogens with zero attached hydrogens (tertiary/aromatic N) is 5. The minimum absolute atomic E-state index is 0.0198. The zero-order valence-electron chi connectivity index (χ0n) is 19.0. The van der Waals surface area contributed by atoms with E-state index in [1.165, 1.54) is 12.5 Å². The van der Waals surface area contributed by atoms with Gasteiger partial charge in [-0.2, -0.15) is 0 Å². The van der Waals surface area contributed by atoms with Crippen LogP contribution in [0.1, 0.15) is 61.4 Å². The lowest BCUT2D eigenvalue weighted by molar-refractivity contribution is -0.136. The highest BCUT2D eigenvalue weighted by Crippen LogP contribution is 2.33. The van der Waals surface area contributed by atoms with Crippen LogP contribution in [0, 0.1) is 6.92 Å². The molecule has 0 saturated carbocycles. The van der Waals surface area contributed by atoms with Crippen LogP contribution in [0.25, 0.3) is 0 Å². The molecule has 2 aliphatic rings. The van der Waals surface area contributed by atoms with E-state index in [1.54, 1.807) is 0 Å². The summed E-state index contributed by atoms with van der Waals surface area (Å²) in [5.41, 5.74) is 3.30. The number of carbonyl (C=O) groups is 2. The number of aryl methyl sites for hydroxylation is 1. The second kappa shape index (κ2) is 10.1. The predicted molar refractivity (Wildman–Crippen MR) is 122 cm³/mol. The van der Waals surface area contributed by atoms with Gasteiger partial charge in [-0.15, -0.1) is 0 Å². The van der Waals surface area contributed by atoms with Crippen molar-refractivity contribution >= 4 is 17.6 Å². The van der Waals surface area contributed by atoms with Crippen LogP contribution in [0.5, 0.6) is 0 Å². The van der Waals surface area contributed by atoms with Crippen molar-refractivity contribution in [2.45, 2.75) is 58.4 Å². The van der Waals surface area contributed by atoms with Gasteiger partial charge in [0.2, 0.25) is 11.8 Å². The highest BCUT2D eigenvalue weighted by atomic mass is 16.2. The van der Waals surface area contributed by atoms with Crippen LogP contribution in [0.2, 0.25) is 0 Å². The molecule has 2 aromatic rings. The molecule has 0 aromatic carbocycles. The first kappa shape index (κ1) is 22.2. The lowest BCUT2D eigenvalue weighted by atomic mass is 9.99. The lowest BCUT2D eigenvalue weighted by Gasteiger charge is -2.36. The summed E-state index contributed by atoms with van der Waals surface area (Å²) in [5, 5.41) is 2.63. The Morgan fingerprint density at radius 2 is 2.03 bits per heavy atom. The third-order valence-electron chi connectivity index (χ3n) is 6.34. The molecule has 1 N–H and O–H groups in total. The van der Waals surface area contributed by atoms with Gasteiger partial charge in [-0.05, 0) is 51.2 Å². The number of hydrogen-bond acceptors (Lipinski definition) is 6. The van der Waals surface area contributed by atoms with Crippen molar-refractivity contribution in [3.63, 3.8) is 0 Å². The van der Waals surface area contributed by atoms with Gasteiger partial charge >= 0.3 is 0 Å². The Kier molecular flexibility index (Phi) is 6.97. The van der Waals surface area contributed by atoms with Crippen LogP contribution in [0.3, 0.4) is 0 Å². The maximum Gasteiger partial charge on any atom is 0.242 e. The van der Waals surface area contributed by atoms with Gasteiger partial charge in [-0.1, -0.05) is 6.07 Å². The highest BCUT2D eigenvalue weighted by molar-refractivity contribution is 5.84. The van der Waals surface area contributed by atoms with Gasteiger partial charge in [-0.3, -0.25) is 14.6 Å². The van der Waals surface area contributed by atoms with Gasteiger partial charge in [0.25, 0.3) is 0 Å². The maximum atomic E-state index is 12.8. The minimum atomic E-state index is -0.198. The molecule has 170 valence electrons. The summed E-state index contributed by atoms with van der Waals surface area (Å²) in [6, 6.07) is 5.87. The van der Waals surface area contributed by atoms with Crippen LogP contribution in [-0.4, -0.2) is 57.8 Å². The number of fused-ring (bicyclic) bond motifs is 1. The number of piperidine rings is 1. The summed E-state index contributed by atoms with van der Waals surface area (Å²) in [6.07, 6.45) is 7.61. The van der Waals surface area contributed by atoms with Crippen LogP contribution in [0.4, 0.5) is 5.82 Å². The van der Waals surface area contributed by atoms with E-state index in [0.29, 0.717) is 6.54 Å². The van der Waals surface area contributed by atoms with Gasteiger partial charge < -0.3 is 15.1 Å². The van der Waals surface area contributed by atoms with Crippen molar-refractivity contribution in [3.05, 3.63) is 47.2 Å². The van der Waals surface area contributed by atoms with Crippen molar-refractivity contribution in [1.82, 2.24) is 25.2 Å². The Morgan fingerprint density at radius 3 is 2.81 bits per heavy atom. The van der Waals surface area contributed by atoms with E-state index in [2.05, 4.69) is 28.2 Å². The second-order valence-electron chi connectivity index (χ2n) is 8.64. The number of nitrogens with one attached hydrogen (secondary N) is 1. The molecule has 32 heavy (non-hydrogen) atoms. The summed E-state index contributed by atoms with van der Waals surface area (Å²) in [5.74, 6) is 1.46. The number of pyridine rings is 1. The molecule has 0 bridgehead atoms. The Bertz CT molecular complexity index is 964. The fraction of sp³-hybridized carbons (Fsp3) is 0.542. The van der Waals surface area contributed by atoms with E-state index in [0.717, 1.165) is 74.6 Å². The normalized spacial score (nSPS) is 18.2. The van der Waals surface area contributed by atoms with Gasteiger partial charge in [0.05, 0.1) is 12.6 Å². The van der Waals surface area contributed by atoms with Crippen molar-refractivity contribution < 1.29 is 9.59 Å². The summed E-state index contributed by atoms with van der Waals surface area (Å²) in [7, 11) is 0. The van der Waals surface area contributed by atoms with Crippen LogP contribution in [0.15, 0.2) is 24.4 Å². The van der Waals surface area contributed by atoms with Crippen molar-refractivity contribution in [3.8, 4) is 0 Å². The molecule has 4 heterocycles. The topological polar surface area (TPSA) is 91.3 Å². The number of hydrogen-bond donors (Lipinski definition) is 1. The molecule has 1 atom stereocenters. The first-order chi connectivity index (χ1) is 15.5. The van der Waals surface area contributed by atoms with Crippen LogP contribution < -0.4 is 10.2 Å². The zero-order valence-corrected chi connectivity index (χ0v) is 19.0. The summed E-state index contributed by atoms with van der Waals surface area (Å²) in [4.78, 5) is 42.6. The molecule has 4 rings (SSSR count). The Morgan fingerprint density at radius 1 is 1.16 bits per heavy atom. The lowest BCUT2D eigenvalue weighted by Crippen LogP contribution is -2.44. The van der Waals surface area contributed by atoms with E-state index >= 15 is 0 Å². The average Bonchev–Trinajstić information content (AvgIpc) is 2.82. The number of anilines is 1. The molecule has 0 unspecified atom stereocenters. The molecular formula is C24H32N6O2. The fourth-order valence-corrected chi connectivity index (χ4v) is 4.67. The van der Waals surface area contributed by atoms with Crippen molar-refractivity contribution in [2.24, 2.45) is 0 Å². The number of aromatic nitrogens is 3. The Hall–Kier alpha value is -3.03. The van der Waals surface area contributed by atoms with E-state index < -0.39 is 0 Å². The zero-order chi connectivity index (χ0) is 22.5. The minimum Gasteiger partial charge on any atom is -0.356 e. The standard InChI is InChI=1S/C24H32N6O2/c1-17-20-9-7-13-29(15-11-19-8-3-5-12-25-19)24(20)28-23(27-17)21-10-4-6-14-30(21)22(32)16-26-18(2)31/h3,5,8,12,21H,4,6-7,9-11,13-16H2,1-2H3,(H,26,31)/t21-/m1/s1. The first-order valence-electron chi connectivity index (χ1n) is 11.6. The number of rotatable bonds is 6. The molecule has 0 spiro atoms. The highest BCUT2D eigenvalue weighted by Gasteiger charge is 2.32. The van der Waals surface area contributed by atoms with E-state index in [1.807, 2.05) is 23.2 Å². The predicted octanol–water partition coefficient (Wildman–Crippen LogP) is 2.37. The molecule has 0 aliphatic carbocycles. The molecule has 2 aliphatic heterocycles. The largest absolute Gasteiger partial charge is 0.356 e. The van der Waals surface area contributed by atoms with Crippen molar-refractivity contribution in [2.75, 3.05) is 31.1 Å². The SMILES string of the molecule is CC(=O)NCC(=O)N1CCCC[C@@H]1c1nc(C)c2c(n1)N(CCc1ccccn1)CCC2. The fourth-order valence-electron chi connectivity index (χ4n) is 4.67. The molecular weight excluding hydrogens is 404 g/mol. The Labute approximate surface area is 189 Å². The smallest absolute Gasteiger partial charge is 0.242 e. The molecule has 8 heteroatoms. The summed E-state index contributed by atoms with van der Waals surface area (Å²) in [6.45, 7) is 5.99. The molecule has 1 fully saturated rings. The van der Waals surface area contributed by atoms with Crippen molar-refractivity contribution in [1.29, 1.82) is 0 Å². The van der Waals surface area contributed by atoms with Gasteiger partial charge in [0.15, 0.2) is 5.82 Å². The van der Waals surface area contributed by atoms with Crippen LogP contribution >= 0.6 is 0 Å². The van der Waals surface area contributed by atoms with Gasteiger partial charge in [-0.25, -0.2) is 9.97 Å². The molecule has 0 radical (unpaired) electrons. The maximum absolute atomic E-state index is 12.8. The first-order valence-corrected chi connectivity index (χ1v) is 11.6. The average molecular weight is 437 g/mol.